The minimum atomic E-state index is -0.525. The van der Waals surface area contributed by atoms with Crippen molar-refractivity contribution in [3.63, 3.8) is 0 Å². The molecule has 1 aliphatic heterocycles. The molecule has 0 radical (unpaired) electrons. The van der Waals surface area contributed by atoms with E-state index in [1.807, 2.05) is 6.92 Å². The second-order valence-corrected chi connectivity index (χ2v) is 3.42. The molecular formula is C10H15O4Rb. The molecule has 1 fully saturated rings. The Labute approximate surface area is 139 Å². The van der Waals surface area contributed by atoms with Gasteiger partial charge in [0.25, 0.3) is 0 Å². The van der Waals surface area contributed by atoms with E-state index >= 15 is 0 Å². The molecule has 0 aromatic heterocycles. The summed E-state index contributed by atoms with van der Waals surface area (Å²) in [4.78, 5) is 10.8. The summed E-state index contributed by atoms with van der Waals surface area (Å²) in [6, 6.07) is 0. The molecule has 1 aliphatic rings. The van der Waals surface area contributed by atoms with Gasteiger partial charge in [-0.1, -0.05) is 6.92 Å². The first kappa shape index (κ1) is 15.9. The Kier molecular flexibility index (Phi) is 8.59. The predicted octanol–water partition coefficient (Wildman–Crippen LogP) is -2.08. The Morgan fingerprint density at radius 2 is 2.13 bits per heavy atom. The van der Waals surface area contributed by atoms with Crippen LogP contribution < -0.4 is 58.2 Å². The Bertz CT molecular complexity index is 211. The van der Waals surface area contributed by atoms with Gasteiger partial charge in [0.15, 0.2) is 0 Å². The molecule has 0 atom stereocenters. The van der Waals surface area contributed by atoms with Gasteiger partial charge in [0.2, 0.25) is 0 Å². The van der Waals surface area contributed by atoms with Crippen molar-refractivity contribution in [3.05, 3.63) is 12.7 Å². The Balaban J connectivity index is 0.00000196. The van der Waals surface area contributed by atoms with Crippen LogP contribution in [0.5, 0.6) is 0 Å². The van der Waals surface area contributed by atoms with E-state index in [1.54, 1.807) is 0 Å². The normalized spacial score (nSPS) is 18.7. The second-order valence-electron chi connectivity index (χ2n) is 3.42. The molecule has 0 spiro atoms. The summed E-state index contributed by atoms with van der Waals surface area (Å²) in [5, 5.41) is 0. The van der Waals surface area contributed by atoms with E-state index in [9.17, 15) is 4.79 Å². The van der Waals surface area contributed by atoms with E-state index in [0.717, 1.165) is 6.42 Å². The summed E-state index contributed by atoms with van der Waals surface area (Å²) < 4.78 is 15.3. The molecule has 4 nitrogen and oxygen atoms in total. The van der Waals surface area contributed by atoms with Crippen molar-refractivity contribution in [2.45, 2.75) is 13.3 Å². The first-order valence-corrected chi connectivity index (χ1v) is 4.58. The molecule has 0 aliphatic carbocycles. The molecule has 0 aromatic rings. The molecule has 0 amide bonds. The Morgan fingerprint density at radius 3 is 2.60 bits per heavy atom. The number of hydrogen-bond acceptors (Lipinski definition) is 4. The van der Waals surface area contributed by atoms with Gasteiger partial charge < -0.3 is 20.3 Å². The summed E-state index contributed by atoms with van der Waals surface area (Å²) in [5.74, 6) is -0.525. The maximum atomic E-state index is 10.8. The van der Waals surface area contributed by atoms with Crippen LogP contribution in [0.2, 0.25) is 0 Å². The van der Waals surface area contributed by atoms with Gasteiger partial charge in [-0.2, -0.15) is 0 Å². The largest absolute Gasteiger partial charge is 1.00 e. The molecule has 0 saturated carbocycles. The minimum Gasteiger partial charge on any atom is -0.489 e. The van der Waals surface area contributed by atoms with Crippen LogP contribution in [0.25, 0.3) is 0 Å². The van der Waals surface area contributed by atoms with Gasteiger partial charge in [0.05, 0.1) is 25.2 Å². The first-order valence-electron chi connectivity index (χ1n) is 4.58. The Morgan fingerprint density at radius 1 is 1.53 bits per heavy atom. The van der Waals surface area contributed by atoms with Crippen molar-refractivity contribution in [1.82, 2.24) is 0 Å². The average molecular weight is 285 g/mol. The molecule has 0 aromatic carbocycles. The van der Waals surface area contributed by atoms with Crippen LogP contribution in [-0.4, -0.2) is 32.6 Å². The van der Waals surface area contributed by atoms with Gasteiger partial charge in [0.1, 0.15) is 12.8 Å². The molecule has 0 bridgehead atoms. The number of carbonyl (C=O) groups excluding carboxylic acids is 1. The molecule has 1 saturated heterocycles. The number of esters is 1. The predicted molar refractivity (Wildman–Crippen MR) is 49.3 cm³/mol. The van der Waals surface area contributed by atoms with Crippen molar-refractivity contribution in [2.75, 3.05) is 26.6 Å². The van der Waals surface area contributed by atoms with E-state index in [-0.39, 0.29) is 63.6 Å². The maximum absolute atomic E-state index is 10.8. The van der Waals surface area contributed by atoms with Crippen LogP contribution in [0.4, 0.5) is 0 Å². The molecule has 15 heavy (non-hydrogen) atoms. The standard InChI is InChI=1S/C10H15O4.Rb/c1-3-9(11)14-7-10(4-2)5-12-8-13-6-10;/h1,4-8H2,2H3;/q-1;+1. The SMILES string of the molecule is C=[C-]C(=O)OCC1(CC)COCOC1.[Rb+]. The fourth-order valence-corrected chi connectivity index (χ4v) is 1.28. The summed E-state index contributed by atoms with van der Waals surface area (Å²) in [5.41, 5.74) is -0.204. The van der Waals surface area contributed by atoms with Crippen LogP contribution in [0.15, 0.2) is 6.58 Å². The summed E-state index contributed by atoms with van der Waals surface area (Å²) in [6.07, 6.45) is 3.00. The fraction of sp³-hybridized carbons (Fsp3) is 0.700. The number of hydrogen-bond donors (Lipinski definition) is 0. The van der Waals surface area contributed by atoms with Gasteiger partial charge in [-0.25, -0.2) is 0 Å². The van der Waals surface area contributed by atoms with Crippen molar-refractivity contribution in [2.24, 2.45) is 5.41 Å². The zero-order valence-electron chi connectivity index (χ0n) is 9.38. The summed E-state index contributed by atoms with van der Waals surface area (Å²) >= 11 is 0. The zero-order chi connectivity index (χ0) is 10.4. The minimum absolute atomic E-state index is 0. The van der Waals surface area contributed by atoms with Crippen molar-refractivity contribution in [3.8, 4) is 0 Å². The van der Waals surface area contributed by atoms with Crippen molar-refractivity contribution < 1.29 is 77.2 Å². The number of carbonyl (C=O) groups is 1. The van der Waals surface area contributed by atoms with E-state index in [0.29, 0.717) is 26.6 Å². The summed E-state index contributed by atoms with van der Waals surface area (Å²) in [6.45, 7) is 6.97. The van der Waals surface area contributed by atoms with Crippen LogP contribution in [-0.2, 0) is 19.0 Å². The van der Waals surface area contributed by atoms with Gasteiger partial charge in [-0.05, 0) is 6.42 Å². The topological polar surface area (TPSA) is 44.8 Å². The monoisotopic (exact) mass is 284 g/mol. The molecule has 0 unspecified atom stereocenters. The Hall–Kier alpha value is 0.935. The number of rotatable bonds is 4. The van der Waals surface area contributed by atoms with Crippen LogP contribution in [0, 0.1) is 11.5 Å². The third kappa shape index (κ3) is 5.19. The quantitative estimate of drug-likeness (QED) is 0.338. The van der Waals surface area contributed by atoms with E-state index in [4.69, 9.17) is 14.2 Å². The second kappa shape index (κ2) is 8.09. The van der Waals surface area contributed by atoms with E-state index < -0.39 is 5.97 Å². The third-order valence-corrected chi connectivity index (χ3v) is 2.39. The summed E-state index contributed by atoms with van der Waals surface area (Å²) in [7, 11) is 0. The smallest absolute Gasteiger partial charge is 0.489 e. The van der Waals surface area contributed by atoms with Crippen molar-refractivity contribution >= 4 is 5.97 Å². The molecule has 0 N–H and O–H groups in total. The molecule has 80 valence electrons. The fourth-order valence-electron chi connectivity index (χ4n) is 1.28. The first-order chi connectivity index (χ1) is 6.72. The van der Waals surface area contributed by atoms with Crippen molar-refractivity contribution in [1.29, 1.82) is 0 Å². The third-order valence-electron chi connectivity index (χ3n) is 2.39. The van der Waals surface area contributed by atoms with Gasteiger partial charge in [-0.3, -0.25) is 11.4 Å². The maximum Gasteiger partial charge on any atom is 1.00 e. The average Bonchev–Trinajstić information content (AvgIpc) is 2.27. The molecular weight excluding hydrogens is 270 g/mol. The molecule has 1 heterocycles. The molecule has 1 rings (SSSR count). The van der Waals surface area contributed by atoms with Crippen LogP contribution in [0.1, 0.15) is 13.3 Å². The van der Waals surface area contributed by atoms with E-state index in [2.05, 4.69) is 12.7 Å². The number of ether oxygens (including phenoxy) is 3. The zero-order valence-corrected chi connectivity index (χ0v) is 14.3. The van der Waals surface area contributed by atoms with E-state index in [1.165, 1.54) is 0 Å². The van der Waals surface area contributed by atoms with Crippen LogP contribution >= 0.6 is 0 Å². The van der Waals surface area contributed by atoms with Crippen LogP contribution in [0.3, 0.4) is 0 Å². The van der Waals surface area contributed by atoms with Gasteiger partial charge in [-0.15, -0.1) is 0 Å². The van der Waals surface area contributed by atoms with Gasteiger partial charge in [0, 0.05) is 0 Å². The molecule has 5 heteroatoms. The van der Waals surface area contributed by atoms with Gasteiger partial charge >= 0.3 is 58.2 Å².